The summed E-state index contributed by atoms with van der Waals surface area (Å²) < 4.78 is 16.5. The highest BCUT2D eigenvalue weighted by Gasteiger charge is 2.34. The molecule has 0 fully saturated rings. The number of esters is 1. The van der Waals surface area contributed by atoms with E-state index in [1.165, 1.54) is 0 Å². The van der Waals surface area contributed by atoms with Gasteiger partial charge >= 0.3 is 5.97 Å². The molecule has 0 spiro atoms. The smallest absolute Gasteiger partial charge is 0.312 e. The summed E-state index contributed by atoms with van der Waals surface area (Å²) in [4.78, 5) is 12.4. The van der Waals surface area contributed by atoms with Crippen LogP contribution in [0.25, 0.3) is 0 Å². The van der Waals surface area contributed by atoms with Gasteiger partial charge < -0.3 is 19.3 Å². The van der Waals surface area contributed by atoms with Gasteiger partial charge in [0.2, 0.25) is 6.79 Å². The van der Waals surface area contributed by atoms with Crippen LogP contribution in [0.5, 0.6) is 23.0 Å². The van der Waals surface area contributed by atoms with Crippen molar-refractivity contribution in [3.05, 3.63) is 46.5 Å². The van der Waals surface area contributed by atoms with Crippen molar-refractivity contribution in [2.45, 2.75) is 64.7 Å². The van der Waals surface area contributed by atoms with E-state index >= 15 is 0 Å². The van der Waals surface area contributed by atoms with Crippen molar-refractivity contribution < 1.29 is 24.1 Å². The van der Waals surface area contributed by atoms with Crippen LogP contribution in [0.1, 0.15) is 76.1 Å². The van der Waals surface area contributed by atoms with Crippen LogP contribution in [-0.2, 0) is 15.6 Å². The number of fused-ring (bicyclic) bond motifs is 2. The topological polar surface area (TPSA) is 65.0 Å². The minimum Gasteiger partial charge on any atom is -0.507 e. The molecule has 2 aliphatic heterocycles. The van der Waals surface area contributed by atoms with Crippen molar-refractivity contribution in [1.29, 1.82) is 0 Å². The SMILES string of the molecule is CC(C)(C)c1cc([C@@H]2CC(=O)Oc3cc4c(cc32)OCO4)cc(C(C)(C)C)c1O. The molecule has 2 heterocycles. The minimum atomic E-state index is -0.274. The molecule has 0 unspecified atom stereocenters. The molecule has 5 nitrogen and oxygen atoms in total. The third-order valence-corrected chi connectivity index (χ3v) is 5.63. The number of phenolic OH excluding ortho intramolecular Hbond substituents is 1. The predicted molar refractivity (Wildman–Crippen MR) is 110 cm³/mol. The van der Waals surface area contributed by atoms with Gasteiger partial charge in [-0.25, -0.2) is 0 Å². The molecule has 154 valence electrons. The summed E-state index contributed by atoms with van der Waals surface area (Å²) in [6, 6.07) is 7.71. The molecule has 29 heavy (non-hydrogen) atoms. The van der Waals surface area contributed by atoms with Gasteiger partial charge in [-0.1, -0.05) is 53.7 Å². The molecule has 0 saturated carbocycles. The lowest BCUT2D eigenvalue weighted by Gasteiger charge is -2.31. The maximum absolute atomic E-state index is 12.4. The van der Waals surface area contributed by atoms with Crippen LogP contribution in [0.3, 0.4) is 0 Å². The van der Waals surface area contributed by atoms with Gasteiger partial charge in [-0.05, 0) is 33.6 Å². The van der Waals surface area contributed by atoms with E-state index in [0.717, 1.165) is 22.3 Å². The molecule has 0 aromatic heterocycles. The van der Waals surface area contributed by atoms with E-state index < -0.39 is 0 Å². The molecular weight excluding hydrogens is 368 g/mol. The van der Waals surface area contributed by atoms with Crippen molar-refractivity contribution in [3.8, 4) is 23.0 Å². The second-order valence-corrected chi connectivity index (χ2v) is 9.94. The molecule has 0 radical (unpaired) electrons. The molecule has 0 saturated heterocycles. The lowest BCUT2D eigenvalue weighted by Crippen LogP contribution is -2.23. The first-order valence-electron chi connectivity index (χ1n) is 9.97. The summed E-state index contributed by atoms with van der Waals surface area (Å²) in [5.41, 5.74) is 3.16. The Bertz CT molecular complexity index is 957. The molecule has 1 atom stereocenters. The molecule has 0 amide bonds. The van der Waals surface area contributed by atoms with E-state index in [1.54, 1.807) is 6.07 Å². The molecule has 1 N–H and O–H groups in total. The minimum absolute atomic E-state index is 0.165. The number of hydrogen-bond acceptors (Lipinski definition) is 5. The maximum Gasteiger partial charge on any atom is 0.312 e. The number of carbonyl (C=O) groups excluding carboxylic acids is 1. The lowest BCUT2D eigenvalue weighted by atomic mass is 9.75. The predicted octanol–water partition coefficient (Wildman–Crippen LogP) is 5.16. The zero-order valence-electron chi connectivity index (χ0n) is 17.9. The highest BCUT2D eigenvalue weighted by atomic mass is 16.7. The van der Waals surface area contributed by atoms with E-state index in [0.29, 0.717) is 23.0 Å². The summed E-state index contributed by atoms with van der Waals surface area (Å²) in [5.74, 6) is 1.65. The molecule has 2 aromatic carbocycles. The number of carbonyl (C=O) groups is 1. The number of hydrogen-bond donors (Lipinski definition) is 1. The summed E-state index contributed by atoms with van der Waals surface area (Å²) in [6.07, 6.45) is 0.241. The van der Waals surface area contributed by atoms with E-state index in [4.69, 9.17) is 14.2 Å². The second-order valence-electron chi connectivity index (χ2n) is 9.94. The Labute approximate surface area is 171 Å². The van der Waals surface area contributed by atoms with Crippen LogP contribution in [-0.4, -0.2) is 17.9 Å². The van der Waals surface area contributed by atoms with Gasteiger partial charge in [-0.15, -0.1) is 0 Å². The van der Waals surface area contributed by atoms with Crippen molar-refractivity contribution in [1.82, 2.24) is 0 Å². The van der Waals surface area contributed by atoms with Crippen molar-refractivity contribution in [3.63, 3.8) is 0 Å². The van der Waals surface area contributed by atoms with Gasteiger partial charge in [-0.3, -0.25) is 4.79 Å². The van der Waals surface area contributed by atoms with Crippen LogP contribution < -0.4 is 14.2 Å². The van der Waals surface area contributed by atoms with Gasteiger partial charge in [0.15, 0.2) is 11.5 Å². The molecule has 4 rings (SSSR count). The van der Waals surface area contributed by atoms with E-state index in [-0.39, 0.29) is 35.9 Å². The zero-order valence-corrected chi connectivity index (χ0v) is 17.9. The van der Waals surface area contributed by atoms with Crippen molar-refractivity contribution in [2.75, 3.05) is 6.79 Å². The van der Waals surface area contributed by atoms with Crippen LogP contribution in [0, 0.1) is 0 Å². The van der Waals surface area contributed by atoms with Crippen LogP contribution >= 0.6 is 0 Å². The molecule has 0 aliphatic carbocycles. The normalized spacial score (nSPS) is 18.4. The Morgan fingerprint density at radius 3 is 1.97 bits per heavy atom. The Kier molecular flexibility index (Phi) is 4.34. The maximum atomic E-state index is 12.4. The molecule has 0 bridgehead atoms. The number of ether oxygens (including phenoxy) is 3. The average molecular weight is 396 g/mol. The number of phenols is 1. The summed E-state index contributed by atoms with van der Waals surface area (Å²) in [5, 5.41) is 11.0. The summed E-state index contributed by atoms with van der Waals surface area (Å²) >= 11 is 0. The Morgan fingerprint density at radius 1 is 0.862 bits per heavy atom. The quantitative estimate of drug-likeness (QED) is 0.533. The fourth-order valence-corrected chi connectivity index (χ4v) is 4.04. The highest BCUT2D eigenvalue weighted by Crippen LogP contribution is 2.48. The summed E-state index contributed by atoms with van der Waals surface area (Å²) in [6.45, 7) is 12.7. The van der Waals surface area contributed by atoms with Crippen molar-refractivity contribution in [2.24, 2.45) is 0 Å². The van der Waals surface area contributed by atoms with Gasteiger partial charge in [0, 0.05) is 17.5 Å². The van der Waals surface area contributed by atoms with E-state index in [9.17, 15) is 9.90 Å². The largest absolute Gasteiger partial charge is 0.507 e. The van der Waals surface area contributed by atoms with Crippen LogP contribution in [0.4, 0.5) is 0 Å². The third kappa shape index (κ3) is 3.43. The number of aromatic hydroxyl groups is 1. The zero-order chi connectivity index (χ0) is 21.1. The molecular formula is C24H28O5. The van der Waals surface area contributed by atoms with E-state index in [2.05, 4.69) is 41.5 Å². The molecule has 5 heteroatoms. The highest BCUT2D eigenvalue weighted by molar-refractivity contribution is 5.78. The van der Waals surface area contributed by atoms with Gasteiger partial charge in [0.1, 0.15) is 11.5 Å². The first-order valence-corrected chi connectivity index (χ1v) is 9.97. The Balaban J connectivity index is 1.93. The third-order valence-electron chi connectivity index (χ3n) is 5.63. The van der Waals surface area contributed by atoms with Crippen LogP contribution in [0.2, 0.25) is 0 Å². The fourth-order valence-electron chi connectivity index (χ4n) is 4.04. The number of rotatable bonds is 1. The Morgan fingerprint density at radius 2 is 1.41 bits per heavy atom. The molecule has 2 aliphatic rings. The Hall–Kier alpha value is -2.69. The standard InChI is InChI=1S/C24H28O5/c1-23(2,3)16-7-13(8-17(22(16)26)24(4,5)6)14-10-21(25)29-18-11-20-19(9-15(14)18)27-12-28-20/h7-9,11,14,26H,10,12H2,1-6H3/t14-/m0/s1. The van der Waals surface area contributed by atoms with E-state index in [1.807, 2.05) is 18.2 Å². The summed E-state index contributed by atoms with van der Waals surface area (Å²) in [7, 11) is 0. The fraction of sp³-hybridized carbons (Fsp3) is 0.458. The van der Waals surface area contributed by atoms with Crippen LogP contribution in [0.15, 0.2) is 24.3 Å². The lowest BCUT2D eigenvalue weighted by molar-refractivity contribution is -0.135. The van der Waals surface area contributed by atoms with Gasteiger partial charge in [-0.2, -0.15) is 0 Å². The second kappa shape index (κ2) is 6.41. The first kappa shape index (κ1) is 19.6. The number of benzene rings is 2. The van der Waals surface area contributed by atoms with Crippen molar-refractivity contribution >= 4 is 5.97 Å². The molecule has 2 aromatic rings. The van der Waals surface area contributed by atoms with Gasteiger partial charge in [0.25, 0.3) is 0 Å². The first-order chi connectivity index (χ1) is 13.4. The monoisotopic (exact) mass is 396 g/mol. The van der Waals surface area contributed by atoms with Gasteiger partial charge in [0.05, 0.1) is 6.42 Å². The average Bonchev–Trinajstić information content (AvgIpc) is 3.04.